The molecule has 2 rings (SSSR count). The van der Waals surface area contributed by atoms with Gasteiger partial charge in [-0.3, -0.25) is 4.99 Å². The summed E-state index contributed by atoms with van der Waals surface area (Å²) >= 11 is 1.48. The number of ether oxygens (including phenoxy) is 1. The monoisotopic (exact) mass is 304 g/mol. The molecule has 0 bridgehead atoms. The second-order valence-corrected chi connectivity index (χ2v) is 6.26. The third-order valence-corrected chi connectivity index (χ3v) is 4.73. The summed E-state index contributed by atoms with van der Waals surface area (Å²) in [5, 5.41) is 33.0. The number of thioether (sulfide) groups is 1. The van der Waals surface area contributed by atoms with E-state index < -0.39 is 18.2 Å². The van der Waals surface area contributed by atoms with Gasteiger partial charge in [-0.15, -0.1) is 0 Å². The van der Waals surface area contributed by atoms with Crippen LogP contribution in [0, 0.1) is 0 Å². The van der Waals surface area contributed by atoms with E-state index in [-0.39, 0.29) is 18.1 Å². The van der Waals surface area contributed by atoms with E-state index in [1.807, 2.05) is 6.92 Å². The summed E-state index contributed by atoms with van der Waals surface area (Å²) in [6, 6.07) is -0.391. The van der Waals surface area contributed by atoms with Gasteiger partial charge in [0.1, 0.15) is 23.7 Å². The van der Waals surface area contributed by atoms with E-state index in [0.717, 1.165) is 31.0 Å². The first-order valence-corrected chi connectivity index (χ1v) is 8.16. The number of hydrogen-bond acceptors (Lipinski definition) is 7. The Bertz CT molecular complexity index is 342. The number of aliphatic hydroxyl groups is 3. The average molecular weight is 304 g/mol. The van der Waals surface area contributed by atoms with Gasteiger partial charge in [0, 0.05) is 13.2 Å². The highest BCUT2D eigenvalue weighted by Gasteiger charge is 2.47. The van der Waals surface area contributed by atoms with Crippen LogP contribution in [0.15, 0.2) is 4.99 Å². The van der Waals surface area contributed by atoms with E-state index >= 15 is 0 Å². The van der Waals surface area contributed by atoms with Crippen LogP contribution < -0.4 is 5.32 Å². The molecule has 20 heavy (non-hydrogen) atoms. The molecule has 1 fully saturated rings. The van der Waals surface area contributed by atoms with Gasteiger partial charge in [-0.05, 0) is 19.8 Å². The average Bonchev–Trinajstić information content (AvgIpc) is 2.83. The zero-order valence-electron chi connectivity index (χ0n) is 11.7. The Kier molecular flexibility index (Phi) is 6.10. The summed E-state index contributed by atoms with van der Waals surface area (Å²) in [7, 11) is 0. The van der Waals surface area contributed by atoms with Crippen molar-refractivity contribution in [1.29, 1.82) is 0 Å². The number of aliphatic imine (C=N–C) groups is 1. The van der Waals surface area contributed by atoms with E-state index in [1.165, 1.54) is 11.8 Å². The van der Waals surface area contributed by atoms with E-state index in [9.17, 15) is 10.2 Å². The Labute approximate surface area is 123 Å². The van der Waals surface area contributed by atoms with Crippen LogP contribution in [-0.2, 0) is 4.74 Å². The van der Waals surface area contributed by atoms with Crippen LogP contribution in [0.25, 0.3) is 0 Å². The molecule has 4 unspecified atom stereocenters. The second kappa shape index (κ2) is 7.61. The molecule has 116 valence electrons. The van der Waals surface area contributed by atoms with Crippen molar-refractivity contribution in [2.75, 3.05) is 13.2 Å². The van der Waals surface area contributed by atoms with Crippen molar-refractivity contribution in [3.8, 4) is 0 Å². The first-order chi connectivity index (χ1) is 9.67. The lowest BCUT2D eigenvalue weighted by Gasteiger charge is -2.38. The van der Waals surface area contributed by atoms with Gasteiger partial charge in [0.2, 0.25) is 0 Å². The number of fused-ring (bicyclic) bond motifs is 1. The molecule has 0 spiro atoms. The van der Waals surface area contributed by atoms with E-state index in [2.05, 4.69) is 10.3 Å². The fourth-order valence-corrected chi connectivity index (χ4v) is 3.73. The van der Waals surface area contributed by atoms with Gasteiger partial charge < -0.3 is 25.4 Å². The maximum absolute atomic E-state index is 10.2. The van der Waals surface area contributed by atoms with Crippen molar-refractivity contribution in [1.82, 2.24) is 5.32 Å². The summed E-state index contributed by atoms with van der Waals surface area (Å²) in [5.41, 5.74) is -0.217. The van der Waals surface area contributed by atoms with E-state index in [4.69, 9.17) is 9.84 Å². The predicted molar refractivity (Wildman–Crippen MR) is 78.7 cm³/mol. The first kappa shape index (κ1) is 16.0. The normalized spacial score (nSPS) is 36.6. The van der Waals surface area contributed by atoms with E-state index in [1.54, 1.807) is 0 Å². The zero-order valence-corrected chi connectivity index (χ0v) is 12.6. The third kappa shape index (κ3) is 3.65. The molecule has 7 heteroatoms. The summed E-state index contributed by atoms with van der Waals surface area (Å²) in [6.07, 6.45) is 1.11. The Morgan fingerprint density at radius 2 is 2.05 bits per heavy atom. The highest BCUT2D eigenvalue weighted by molar-refractivity contribution is 8.14. The number of aliphatic hydroxyl groups excluding tert-OH is 3. The number of amidine groups is 1. The Morgan fingerprint density at radius 3 is 2.75 bits per heavy atom. The largest absolute Gasteiger partial charge is 0.396 e. The van der Waals surface area contributed by atoms with Crippen molar-refractivity contribution < 1.29 is 20.1 Å². The minimum Gasteiger partial charge on any atom is -0.396 e. The molecule has 6 nitrogen and oxygen atoms in total. The van der Waals surface area contributed by atoms with Gasteiger partial charge in [-0.2, -0.15) is 0 Å². The van der Waals surface area contributed by atoms with Crippen molar-refractivity contribution >= 4 is 16.9 Å². The number of nitrogens with one attached hydrogen (secondary N) is 1. The molecular weight excluding hydrogens is 280 g/mol. The molecule has 5 atom stereocenters. The van der Waals surface area contributed by atoms with Crippen LogP contribution in [-0.4, -0.2) is 63.4 Å². The number of nitrogens with zero attached hydrogens (tertiary/aromatic N) is 1. The maximum atomic E-state index is 10.2. The van der Waals surface area contributed by atoms with Crippen molar-refractivity contribution in [3.05, 3.63) is 0 Å². The number of rotatable bonds is 6. The quantitative estimate of drug-likeness (QED) is 0.519. The lowest BCUT2D eigenvalue weighted by Crippen LogP contribution is -2.54. The highest BCUT2D eigenvalue weighted by Crippen LogP contribution is 2.37. The van der Waals surface area contributed by atoms with Gasteiger partial charge >= 0.3 is 0 Å². The van der Waals surface area contributed by atoms with Crippen molar-refractivity contribution in [2.24, 2.45) is 4.99 Å². The van der Waals surface area contributed by atoms with Gasteiger partial charge in [0.15, 0.2) is 5.17 Å². The summed E-state index contributed by atoms with van der Waals surface area (Å²) in [6.45, 7) is 2.95. The molecule has 1 saturated heterocycles. The van der Waals surface area contributed by atoms with Crippen LogP contribution >= 0.6 is 11.8 Å². The first-order valence-electron chi connectivity index (χ1n) is 7.28. The molecule has 4 N–H and O–H groups in total. The van der Waals surface area contributed by atoms with Crippen LogP contribution in [0.1, 0.15) is 32.6 Å². The van der Waals surface area contributed by atoms with Crippen molar-refractivity contribution in [3.63, 3.8) is 0 Å². The summed E-state index contributed by atoms with van der Waals surface area (Å²) in [5.74, 6) is 0. The minimum absolute atomic E-state index is 0.192. The lowest BCUT2D eigenvalue weighted by molar-refractivity contribution is -0.154. The van der Waals surface area contributed by atoms with Crippen LogP contribution in [0.5, 0.6) is 0 Å². The van der Waals surface area contributed by atoms with Crippen LogP contribution in [0.2, 0.25) is 0 Å². The Morgan fingerprint density at radius 1 is 1.25 bits per heavy atom. The van der Waals surface area contributed by atoms with Gasteiger partial charge in [0.25, 0.3) is 0 Å². The second-order valence-electron chi connectivity index (χ2n) is 5.17. The predicted octanol–water partition coefficient (Wildman–Crippen LogP) is 0.0667. The summed E-state index contributed by atoms with van der Waals surface area (Å²) < 4.78 is 5.89. The molecule has 0 saturated carbocycles. The molecule has 0 aromatic carbocycles. The third-order valence-electron chi connectivity index (χ3n) is 3.64. The summed E-state index contributed by atoms with van der Waals surface area (Å²) in [4.78, 5) is 4.38. The molecule has 0 aliphatic carbocycles. The highest BCUT2D eigenvalue weighted by atomic mass is 32.2. The van der Waals surface area contributed by atoms with Crippen molar-refractivity contribution in [2.45, 2.75) is 62.4 Å². The fourth-order valence-electron chi connectivity index (χ4n) is 2.54. The topological polar surface area (TPSA) is 94.3 Å². The molecule has 2 heterocycles. The molecule has 0 radical (unpaired) electrons. The van der Waals surface area contributed by atoms with Gasteiger partial charge in [-0.25, -0.2) is 0 Å². The molecule has 2 aliphatic rings. The maximum Gasteiger partial charge on any atom is 0.159 e. The molecule has 2 aliphatic heterocycles. The Hall–Kier alpha value is -0.340. The van der Waals surface area contributed by atoms with E-state index in [0.29, 0.717) is 6.42 Å². The van der Waals surface area contributed by atoms with Gasteiger partial charge in [0.05, 0.1) is 6.10 Å². The standard InChI is InChI=1S/C13H24N2O4S/c1-2-14-13-15-9-11(18)10(17)8(19-12(9)20-13)6-4-3-5-7-16/h8-12,16-18H,2-7H2,1H3,(H,14,15)/t8?,9?,10?,11?,12-/m0/s1. The fraction of sp³-hybridized carbons (Fsp3) is 0.923. The van der Waals surface area contributed by atoms with Crippen LogP contribution in [0.3, 0.4) is 0 Å². The zero-order chi connectivity index (χ0) is 14.5. The van der Waals surface area contributed by atoms with Crippen LogP contribution in [0.4, 0.5) is 0 Å². The smallest absolute Gasteiger partial charge is 0.159 e. The SMILES string of the molecule is CCNC1=NC2C(O)C(O)C(CCCCCO)O[C@H]2S1. The number of unbranched alkanes of at least 4 members (excludes halogenated alkanes) is 2. The lowest BCUT2D eigenvalue weighted by atomic mass is 9.95. The molecule has 0 aromatic heterocycles. The molecule has 0 aromatic rings. The Balaban J connectivity index is 1.88. The number of hydrogen-bond donors (Lipinski definition) is 4. The van der Waals surface area contributed by atoms with Gasteiger partial charge in [-0.1, -0.05) is 24.6 Å². The molecule has 0 amide bonds. The minimum atomic E-state index is -0.893. The molecular formula is C13H24N2O4S.